The van der Waals surface area contributed by atoms with Crippen molar-refractivity contribution in [1.29, 1.82) is 0 Å². The normalized spacial score (nSPS) is 17.2. The second kappa shape index (κ2) is 4.43. The van der Waals surface area contributed by atoms with Gasteiger partial charge < -0.3 is 11.5 Å². The fourth-order valence-electron chi connectivity index (χ4n) is 2.86. The summed E-state index contributed by atoms with van der Waals surface area (Å²) in [5.74, 6) is 0.0173. The molecule has 0 saturated carbocycles. The number of hydrogen-bond donors (Lipinski definition) is 2. The first kappa shape index (κ1) is 11.8. The highest BCUT2D eigenvalue weighted by Gasteiger charge is 2.23. The second-order valence-electron chi connectivity index (χ2n) is 5.04. The molecule has 0 saturated heterocycles. The summed E-state index contributed by atoms with van der Waals surface area (Å²) in [6.07, 6.45) is 2.15. The molecule has 19 heavy (non-hydrogen) atoms. The van der Waals surface area contributed by atoms with Crippen molar-refractivity contribution in [3.8, 4) is 0 Å². The fraction of sp³-hybridized carbons (Fsp3) is 0.188. The molecule has 0 spiro atoms. The Bertz CT molecular complexity index is 632. The van der Waals surface area contributed by atoms with Crippen LogP contribution in [-0.4, -0.2) is 5.91 Å². The van der Waals surface area contributed by atoms with Crippen molar-refractivity contribution in [2.24, 2.45) is 5.73 Å². The van der Waals surface area contributed by atoms with Gasteiger partial charge in [0.15, 0.2) is 0 Å². The predicted molar refractivity (Wildman–Crippen MR) is 76.0 cm³/mol. The van der Waals surface area contributed by atoms with Gasteiger partial charge in [-0.2, -0.15) is 0 Å². The number of aryl methyl sites for hydroxylation is 1. The minimum absolute atomic E-state index is 0.383. The highest BCUT2D eigenvalue weighted by atomic mass is 16.1. The summed E-state index contributed by atoms with van der Waals surface area (Å²) in [5.41, 5.74) is 16.4. The Morgan fingerprint density at radius 2 is 1.84 bits per heavy atom. The number of fused-ring (bicyclic) bond motifs is 1. The smallest absolute Gasteiger partial charge is 0.248 e. The van der Waals surface area contributed by atoms with E-state index in [1.807, 2.05) is 18.2 Å². The molecule has 2 aromatic carbocycles. The average molecular weight is 252 g/mol. The Labute approximate surface area is 112 Å². The number of rotatable bonds is 2. The van der Waals surface area contributed by atoms with Crippen LogP contribution in [0.15, 0.2) is 42.5 Å². The molecule has 96 valence electrons. The van der Waals surface area contributed by atoms with Crippen molar-refractivity contribution >= 4 is 11.6 Å². The number of benzene rings is 2. The summed E-state index contributed by atoms with van der Waals surface area (Å²) in [6, 6.07) is 13.7. The number of primary amides is 1. The maximum Gasteiger partial charge on any atom is 0.248 e. The van der Waals surface area contributed by atoms with Crippen LogP contribution in [0.2, 0.25) is 0 Å². The predicted octanol–water partition coefficient (Wildman–Crippen LogP) is 2.45. The molecule has 1 amide bonds. The molecular formula is C16H16N2O. The van der Waals surface area contributed by atoms with Gasteiger partial charge in [0.25, 0.3) is 0 Å². The lowest BCUT2D eigenvalue weighted by molar-refractivity contribution is 0.100. The van der Waals surface area contributed by atoms with Crippen molar-refractivity contribution in [3.63, 3.8) is 0 Å². The Balaban J connectivity index is 1.95. The van der Waals surface area contributed by atoms with Gasteiger partial charge in [-0.15, -0.1) is 0 Å². The fourth-order valence-corrected chi connectivity index (χ4v) is 2.86. The van der Waals surface area contributed by atoms with Gasteiger partial charge in [0.2, 0.25) is 5.91 Å². The summed E-state index contributed by atoms with van der Waals surface area (Å²) >= 11 is 0. The van der Waals surface area contributed by atoms with E-state index in [0.29, 0.717) is 11.5 Å². The van der Waals surface area contributed by atoms with Crippen LogP contribution < -0.4 is 11.5 Å². The monoisotopic (exact) mass is 252 g/mol. The van der Waals surface area contributed by atoms with Crippen LogP contribution in [0.5, 0.6) is 0 Å². The van der Waals surface area contributed by atoms with Gasteiger partial charge in [0, 0.05) is 17.2 Å². The number of amides is 1. The van der Waals surface area contributed by atoms with Crippen molar-refractivity contribution in [1.82, 2.24) is 0 Å². The Morgan fingerprint density at radius 3 is 2.53 bits per heavy atom. The number of nitrogens with two attached hydrogens (primary N) is 2. The number of nitrogen functional groups attached to an aromatic ring is 1. The number of carbonyl (C=O) groups is 1. The lowest BCUT2D eigenvalue weighted by atomic mass is 9.92. The van der Waals surface area contributed by atoms with Crippen LogP contribution in [-0.2, 0) is 6.42 Å². The molecule has 0 radical (unpaired) electrons. The Hall–Kier alpha value is -2.29. The lowest BCUT2D eigenvalue weighted by Crippen LogP contribution is -2.10. The molecule has 0 fully saturated rings. The van der Waals surface area contributed by atoms with Crippen molar-refractivity contribution < 1.29 is 4.79 Å². The largest absolute Gasteiger partial charge is 0.399 e. The number of anilines is 1. The minimum atomic E-state index is -0.383. The molecule has 0 aromatic heterocycles. The third-order valence-corrected chi connectivity index (χ3v) is 3.84. The second-order valence-corrected chi connectivity index (χ2v) is 5.04. The molecule has 4 N–H and O–H groups in total. The molecule has 1 aliphatic carbocycles. The van der Waals surface area contributed by atoms with Crippen LogP contribution in [0.4, 0.5) is 5.69 Å². The van der Waals surface area contributed by atoms with E-state index < -0.39 is 0 Å². The molecule has 3 nitrogen and oxygen atoms in total. The maximum absolute atomic E-state index is 11.1. The van der Waals surface area contributed by atoms with Crippen molar-refractivity contribution in [3.05, 3.63) is 64.7 Å². The van der Waals surface area contributed by atoms with E-state index in [2.05, 4.69) is 12.1 Å². The highest BCUT2D eigenvalue weighted by molar-refractivity contribution is 5.92. The van der Waals surface area contributed by atoms with E-state index in [1.165, 1.54) is 16.7 Å². The molecule has 2 aromatic rings. The van der Waals surface area contributed by atoms with E-state index in [-0.39, 0.29) is 5.91 Å². The first-order valence-corrected chi connectivity index (χ1v) is 6.43. The molecule has 0 aliphatic heterocycles. The van der Waals surface area contributed by atoms with Crippen molar-refractivity contribution in [2.75, 3.05) is 5.73 Å². The molecule has 3 heteroatoms. The van der Waals surface area contributed by atoms with Gasteiger partial charge in [-0.3, -0.25) is 4.79 Å². The maximum atomic E-state index is 11.1. The van der Waals surface area contributed by atoms with Crippen LogP contribution in [0.3, 0.4) is 0 Å². The first-order chi connectivity index (χ1) is 9.15. The molecule has 1 aliphatic rings. The van der Waals surface area contributed by atoms with Gasteiger partial charge in [0.1, 0.15) is 0 Å². The molecule has 1 atom stereocenters. The lowest BCUT2D eigenvalue weighted by Gasteiger charge is -2.12. The zero-order valence-electron chi connectivity index (χ0n) is 10.6. The Morgan fingerprint density at radius 1 is 1.11 bits per heavy atom. The van der Waals surface area contributed by atoms with Crippen LogP contribution in [0.25, 0.3) is 0 Å². The summed E-state index contributed by atoms with van der Waals surface area (Å²) in [5, 5.41) is 0. The third-order valence-electron chi connectivity index (χ3n) is 3.84. The van der Waals surface area contributed by atoms with Crippen LogP contribution in [0.1, 0.15) is 39.4 Å². The van der Waals surface area contributed by atoms with E-state index in [0.717, 1.165) is 18.5 Å². The molecule has 0 bridgehead atoms. The standard InChI is InChI=1S/C16H16N2O/c17-13-6-8-15-12(9-13)5-7-14(15)10-1-3-11(4-2-10)16(18)19/h1-4,6,8-9,14H,5,7,17H2,(H2,18,19). The SMILES string of the molecule is NC(=O)c1ccc(C2CCc3cc(N)ccc32)cc1. The van der Waals surface area contributed by atoms with Crippen LogP contribution >= 0.6 is 0 Å². The van der Waals surface area contributed by atoms with E-state index in [4.69, 9.17) is 11.5 Å². The molecule has 3 rings (SSSR count). The van der Waals surface area contributed by atoms with Gasteiger partial charge in [-0.1, -0.05) is 18.2 Å². The number of carbonyl (C=O) groups excluding carboxylic acids is 1. The van der Waals surface area contributed by atoms with Crippen LogP contribution in [0, 0.1) is 0 Å². The van der Waals surface area contributed by atoms with E-state index in [1.54, 1.807) is 12.1 Å². The summed E-state index contributed by atoms with van der Waals surface area (Å²) in [6.45, 7) is 0. The third kappa shape index (κ3) is 2.08. The summed E-state index contributed by atoms with van der Waals surface area (Å²) in [4.78, 5) is 11.1. The minimum Gasteiger partial charge on any atom is -0.399 e. The average Bonchev–Trinajstić information content (AvgIpc) is 2.81. The summed E-state index contributed by atoms with van der Waals surface area (Å²) < 4.78 is 0. The molecular weight excluding hydrogens is 236 g/mol. The number of hydrogen-bond acceptors (Lipinski definition) is 2. The summed E-state index contributed by atoms with van der Waals surface area (Å²) in [7, 11) is 0. The van der Waals surface area contributed by atoms with Gasteiger partial charge in [0.05, 0.1) is 0 Å². The van der Waals surface area contributed by atoms with Gasteiger partial charge >= 0.3 is 0 Å². The Kier molecular flexibility index (Phi) is 2.75. The topological polar surface area (TPSA) is 69.1 Å². The molecule has 0 heterocycles. The van der Waals surface area contributed by atoms with Crippen molar-refractivity contribution in [2.45, 2.75) is 18.8 Å². The first-order valence-electron chi connectivity index (χ1n) is 6.43. The molecule has 1 unspecified atom stereocenters. The zero-order chi connectivity index (χ0) is 13.4. The van der Waals surface area contributed by atoms with Gasteiger partial charge in [-0.25, -0.2) is 0 Å². The van der Waals surface area contributed by atoms with Gasteiger partial charge in [-0.05, 0) is 53.8 Å². The van der Waals surface area contributed by atoms with E-state index in [9.17, 15) is 4.79 Å². The quantitative estimate of drug-likeness (QED) is 0.806. The van der Waals surface area contributed by atoms with E-state index >= 15 is 0 Å². The zero-order valence-corrected chi connectivity index (χ0v) is 10.6. The highest BCUT2D eigenvalue weighted by Crippen LogP contribution is 2.38.